The molecule has 0 heterocycles. The molecule has 2 heteroatoms. The normalized spacial score (nSPS) is 13.1. The predicted octanol–water partition coefficient (Wildman–Crippen LogP) is 0.896. The lowest BCUT2D eigenvalue weighted by atomic mass is 10.1. The third-order valence-corrected chi connectivity index (χ3v) is 1.28. The van der Waals surface area contributed by atoms with Crippen LogP contribution >= 0.6 is 0 Å². The Kier molecular flexibility index (Phi) is 4.85. The van der Waals surface area contributed by atoms with E-state index in [1.165, 1.54) is 0 Å². The number of nitrogens with one attached hydrogen (secondary N) is 1. The smallest absolute Gasteiger partial charge is 0.217 e. The number of hydrogen-bond donors (Lipinski definition) is 1. The first kappa shape index (κ1) is 9.37. The van der Waals surface area contributed by atoms with Crippen LogP contribution in [0.2, 0.25) is 0 Å². The fourth-order valence-electron chi connectivity index (χ4n) is 0.624. The fourth-order valence-corrected chi connectivity index (χ4v) is 0.624. The van der Waals surface area contributed by atoms with Crippen LogP contribution in [-0.2, 0) is 4.79 Å². The topological polar surface area (TPSA) is 29.1 Å². The Bertz CT molecular complexity index is 110. The average molecular weight is 140 g/mol. The summed E-state index contributed by atoms with van der Waals surface area (Å²) >= 11 is 0. The van der Waals surface area contributed by atoms with Crippen LogP contribution in [-0.4, -0.2) is 18.9 Å². The quantitative estimate of drug-likeness (QED) is 0.575. The molecule has 1 atom stereocenters. The highest BCUT2D eigenvalue weighted by Gasteiger charge is 2.10. The Morgan fingerprint density at radius 2 is 2.30 bits per heavy atom. The lowest BCUT2D eigenvalue weighted by Crippen LogP contribution is -2.35. The second-order valence-electron chi connectivity index (χ2n) is 2.54. The van der Waals surface area contributed by atoms with Crippen molar-refractivity contribution in [2.24, 2.45) is 5.92 Å². The van der Waals surface area contributed by atoms with Gasteiger partial charge in [0.05, 0.1) is 6.04 Å². The van der Waals surface area contributed by atoms with Crippen molar-refractivity contribution in [1.29, 1.82) is 0 Å². The third kappa shape index (κ3) is 3.41. The van der Waals surface area contributed by atoms with Crippen LogP contribution < -0.4 is 5.32 Å². The van der Waals surface area contributed by atoms with Crippen molar-refractivity contribution in [3.8, 4) is 0 Å². The summed E-state index contributed by atoms with van der Waals surface area (Å²) in [7, 11) is 0. The summed E-state index contributed by atoms with van der Waals surface area (Å²) in [6.45, 7) is 8.15. The number of rotatable bonds is 5. The van der Waals surface area contributed by atoms with Gasteiger partial charge >= 0.3 is 0 Å². The van der Waals surface area contributed by atoms with E-state index in [0.717, 1.165) is 0 Å². The van der Waals surface area contributed by atoms with Crippen molar-refractivity contribution in [3.63, 3.8) is 0 Å². The van der Waals surface area contributed by atoms with Crippen molar-refractivity contribution in [1.82, 2.24) is 5.32 Å². The fraction of sp³-hybridized carbons (Fsp3) is 0.625. The van der Waals surface area contributed by atoms with Crippen LogP contribution in [0.5, 0.6) is 0 Å². The van der Waals surface area contributed by atoms with Gasteiger partial charge in [0.15, 0.2) is 0 Å². The Morgan fingerprint density at radius 1 is 1.70 bits per heavy atom. The summed E-state index contributed by atoms with van der Waals surface area (Å²) in [5.74, 6) is 0.303. The summed E-state index contributed by atoms with van der Waals surface area (Å²) < 4.78 is 0. The minimum Gasteiger partial charge on any atom is -0.303 e. The summed E-state index contributed by atoms with van der Waals surface area (Å²) in [4.78, 5) is 10.2. The highest BCUT2D eigenvalue weighted by molar-refractivity contribution is 5.58. The van der Waals surface area contributed by atoms with Gasteiger partial charge in [0, 0.05) is 6.54 Å². The zero-order chi connectivity index (χ0) is 7.98. The maximum atomic E-state index is 10.2. The minimum absolute atomic E-state index is 0.155. The van der Waals surface area contributed by atoms with Crippen molar-refractivity contribution in [2.45, 2.75) is 19.9 Å². The van der Waals surface area contributed by atoms with Gasteiger partial charge < -0.3 is 5.32 Å². The SMILES string of the molecule is C=CCNC([C]=O)C(C)C. The highest BCUT2D eigenvalue weighted by Crippen LogP contribution is 1.96. The van der Waals surface area contributed by atoms with Crippen molar-refractivity contribution in [3.05, 3.63) is 12.7 Å². The third-order valence-electron chi connectivity index (χ3n) is 1.28. The van der Waals surface area contributed by atoms with E-state index in [1.807, 2.05) is 20.1 Å². The van der Waals surface area contributed by atoms with Crippen LogP contribution in [0.15, 0.2) is 12.7 Å². The monoisotopic (exact) mass is 140 g/mol. The molecule has 0 fully saturated rings. The zero-order valence-electron chi connectivity index (χ0n) is 6.55. The first-order valence-corrected chi connectivity index (χ1v) is 3.44. The first-order valence-electron chi connectivity index (χ1n) is 3.44. The van der Waals surface area contributed by atoms with Gasteiger partial charge in [-0.25, -0.2) is 0 Å². The Hall–Kier alpha value is -0.630. The van der Waals surface area contributed by atoms with Gasteiger partial charge in [-0.15, -0.1) is 6.58 Å². The van der Waals surface area contributed by atoms with E-state index in [2.05, 4.69) is 11.9 Å². The van der Waals surface area contributed by atoms with Gasteiger partial charge in [0.1, 0.15) is 0 Å². The molecule has 0 amide bonds. The standard InChI is InChI=1S/C8H14NO/c1-4-5-9-8(6-10)7(2)3/h4,7-9H,1,5H2,2-3H3. The second-order valence-corrected chi connectivity index (χ2v) is 2.54. The molecule has 0 aromatic rings. The van der Waals surface area contributed by atoms with E-state index in [0.29, 0.717) is 12.5 Å². The lowest BCUT2D eigenvalue weighted by Gasteiger charge is -2.13. The van der Waals surface area contributed by atoms with Gasteiger partial charge in [-0.3, -0.25) is 4.79 Å². The largest absolute Gasteiger partial charge is 0.303 e. The van der Waals surface area contributed by atoms with Crippen molar-refractivity contribution < 1.29 is 4.79 Å². The summed E-state index contributed by atoms with van der Waals surface area (Å²) in [6, 6.07) is -0.155. The van der Waals surface area contributed by atoms with Gasteiger partial charge in [0.2, 0.25) is 6.29 Å². The molecular formula is C8H14NO. The Morgan fingerprint density at radius 3 is 2.60 bits per heavy atom. The second kappa shape index (κ2) is 5.18. The van der Waals surface area contributed by atoms with Gasteiger partial charge in [-0.2, -0.15) is 0 Å². The van der Waals surface area contributed by atoms with Crippen molar-refractivity contribution >= 4 is 6.29 Å². The van der Waals surface area contributed by atoms with Crippen molar-refractivity contribution in [2.75, 3.05) is 6.54 Å². The molecule has 57 valence electrons. The molecule has 0 aliphatic rings. The van der Waals surface area contributed by atoms with Gasteiger partial charge in [0.25, 0.3) is 0 Å². The van der Waals surface area contributed by atoms with Crippen LogP contribution in [0, 0.1) is 5.92 Å². The molecule has 0 saturated heterocycles. The average Bonchev–Trinajstić information content (AvgIpc) is 1.89. The molecule has 0 spiro atoms. The zero-order valence-corrected chi connectivity index (χ0v) is 6.55. The van der Waals surface area contributed by atoms with E-state index >= 15 is 0 Å². The van der Waals surface area contributed by atoms with E-state index < -0.39 is 0 Å². The summed E-state index contributed by atoms with van der Waals surface area (Å²) in [6.07, 6.45) is 3.66. The molecule has 0 aromatic heterocycles. The highest BCUT2D eigenvalue weighted by atomic mass is 16.1. The molecule has 0 aliphatic carbocycles. The molecule has 0 aromatic carbocycles. The minimum atomic E-state index is -0.155. The molecule has 1 N–H and O–H groups in total. The molecule has 0 aliphatic heterocycles. The van der Waals surface area contributed by atoms with Crippen LogP contribution in [0.3, 0.4) is 0 Å². The molecule has 0 bridgehead atoms. The molecule has 2 nitrogen and oxygen atoms in total. The maximum absolute atomic E-state index is 10.2. The van der Waals surface area contributed by atoms with Gasteiger partial charge in [-0.1, -0.05) is 19.9 Å². The summed E-state index contributed by atoms with van der Waals surface area (Å²) in [5, 5.41) is 2.98. The van der Waals surface area contributed by atoms with Crippen LogP contribution in [0.1, 0.15) is 13.8 Å². The molecule has 10 heavy (non-hydrogen) atoms. The van der Waals surface area contributed by atoms with Gasteiger partial charge in [-0.05, 0) is 5.92 Å². The molecule has 0 rings (SSSR count). The van der Waals surface area contributed by atoms with E-state index in [-0.39, 0.29) is 6.04 Å². The van der Waals surface area contributed by atoms with E-state index in [4.69, 9.17) is 0 Å². The van der Waals surface area contributed by atoms with E-state index in [1.54, 1.807) is 6.08 Å². The Balaban J connectivity index is 3.59. The van der Waals surface area contributed by atoms with Crippen LogP contribution in [0.4, 0.5) is 0 Å². The molecule has 1 unspecified atom stereocenters. The molecule has 1 radical (unpaired) electrons. The first-order chi connectivity index (χ1) is 4.72. The lowest BCUT2D eigenvalue weighted by molar-refractivity contribution is 0.462. The van der Waals surface area contributed by atoms with E-state index in [9.17, 15) is 4.79 Å². The number of carbonyl (C=O) groups excluding carboxylic acids is 1. The number of hydrogen-bond acceptors (Lipinski definition) is 2. The maximum Gasteiger partial charge on any atom is 0.217 e. The predicted molar refractivity (Wildman–Crippen MR) is 42.5 cm³/mol. The summed E-state index contributed by atoms with van der Waals surface area (Å²) in [5.41, 5.74) is 0. The molecular weight excluding hydrogens is 126 g/mol. The molecule has 0 saturated carbocycles. The Labute approximate surface area is 62.3 Å². The van der Waals surface area contributed by atoms with Crippen LogP contribution in [0.25, 0.3) is 0 Å².